The van der Waals surface area contributed by atoms with Crippen LogP contribution in [0.15, 0.2) is 36.7 Å². The van der Waals surface area contributed by atoms with Gasteiger partial charge in [0.05, 0.1) is 18.3 Å². The second-order valence-electron chi connectivity index (χ2n) is 4.79. The molecule has 0 saturated carbocycles. The first-order chi connectivity index (χ1) is 9.56. The quantitative estimate of drug-likeness (QED) is 0.835. The monoisotopic (exact) mass is 273 g/mol. The van der Waals surface area contributed by atoms with Crippen molar-refractivity contribution in [1.82, 2.24) is 14.7 Å². The first kappa shape index (κ1) is 14.1. The minimum absolute atomic E-state index is 0.0504. The lowest BCUT2D eigenvalue weighted by Crippen LogP contribution is -2.30. The number of hydrogen-bond acceptors (Lipinski definition) is 3. The number of likely N-dealkylation sites (N-methyl/N-ethyl adjacent to an activating group) is 1. The first-order valence-electron chi connectivity index (χ1n) is 6.50. The number of carbonyl (C=O) groups excluding carboxylic acids is 1. The average Bonchev–Trinajstić information content (AvgIpc) is 2.86. The summed E-state index contributed by atoms with van der Waals surface area (Å²) in [6.45, 7) is 3.03. The van der Waals surface area contributed by atoms with E-state index in [9.17, 15) is 4.79 Å². The number of hydrogen-bond donors (Lipinski definition) is 0. The molecule has 1 heterocycles. The molecule has 106 valence electrons. The summed E-state index contributed by atoms with van der Waals surface area (Å²) < 4.78 is 7.22. The van der Waals surface area contributed by atoms with E-state index in [2.05, 4.69) is 5.10 Å². The van der Waals surface area contributed by atoms with Crippen LogP contribution >= 0.6 is 0 Å². The predicted octanol–water partition coefficient (Wildman–Crippen LogP) is 1.88. The van der Waals surface area contributed by atoms with Gasteiger partial charge in [-0.15, -0.1) is 0 Å². The fourth-order valence-electron chi connectivity index (χ4n) is 1.79. The summed E-state index contributed by atoms with van der Waals surface area (Å²) in [4.78, 5) is 13.7. The van der Waals surface area contributed by atoms with E-state index in [1.807, 2.05) is 31.2 Å². The first-order valence-corrected chi connectivity index (χ1v) is 6.50. The summed E-state index contributed by atoms with van der Waals surface area (Å²) in [7, 11) is 3.55. The van der Waals surface area contributed by atoms with Gasteiger partial charge in [-0.05, 0) is 19.1 Å². The molecule has 0 unspecified atom stereocenters. The van der Waals surface area contributed by atoms with Crippen LogP contribution in [0.1, 0.15) is 15.9 Å². The van der Waals surface area contributed by atoms with E-state index in [1.54, 1.807) is 36.1 Å². The zero-order valence-electron chi connectivity index (χ0n) is 12.0. The van der Waals surface area contributed by atoms with Gasteiger partial charge in [0.15, 0.2) is 0 Å². The number of aryl methyl sites for hydroxylation is 2. The van der Waals surface area contributed by atoms with Crippen LogP contribution in [0.3, 0.4) is 0 Å². The number of ether oxygens (including phenoxy) is 1. The zero-order chi connectivity index (χ0) is 14.5. The van der Waals surface area contributed by atoms with Crippen molar-refractivity contribution in [2.24, 2.45) is 7.05 Å². The van der Waals surface area contributed by atoms with Crippen LogP contribution in [0.25, 0.3) is 0 Å². The van der Waals surface area contributed by atoms with Gasteiger partial charge in [-0.3, -0.25) is 9.48 Å². The summed E-state index contributed by atoms with van der Waals surface area (Å²) >= 11 is 0. The molecule has 2 rings (SSSR count). The van der Waals surface area contributed by atoms with Gasteiger partial charge in [0.2, 0.25) is 0 Å². The second kappa shape index (κ2) is 6.23. The van der Waals surface area contributed by atoms with Gasteiger partial charge in [-0.1, -0.05) is 17.7 Å². The third kappa shape index (κ3) is 3.60. The van der Waals surface area contributed by atoms with Crippen LogP contribution in [0.4, 0.5) is 0 Å². The SMILES string of the molecule is Cc1ccc(OCCN(C)C(=O)c2cnn(C)c2)cc1. The fraction of sp³-hybridized carbons (Fsp3) is 0.333. The van der Waals surface area contributed by atoms with Crippen LogP contribution in [-0.4, -0.2) is 40.8 Å². The highest BCUT2D eigenvalue weighted by Gasteiger charge is 2.13. The van der Waals surface area contributed by atoms with Gasteiger partial charge in [0, 0.05) is 20.3 Å². The van der Waals surface area contributed by atoms with E-state index < -0.39 is 0 Å². The highest BCUT2D eigenvalue weighted by Crippen LogP contribution is 2.11. The molecule has 0 atom stereocenters. The van der Waals surface area contributed by atoms with E-state index in [0.717, 1.165) is 5.75 Å². The van der Waals surface area contributed by atoms with Crippen molar-refractivity contribution < 1.29 is 9.53 Å². The molecular formula is C15H19N3O2. The maximum absolute atomic E-state index is 12.1. The topological polar surface area (TPSA) is 47.4 Å². The van der Waals surface area contributed by atoms with E-state index in [4.69, 9.17) is 4.74 Å². The van der Waals surface area contributed by atoms with Crippen molar-refractivity contribution in [2.75, 3.05) is 20.2 Å². The summed E-state index contributed by atoms with van der Waals surface area (Å²) in [5, 5.41) is 3.99. The maximum atomic E-state index is 12.1. The molecule has 5 heteroatoms. The molecule has 0 radical (unpaired) electrons. The van der Waals surface area contributed by atoms with Crippen molar-refractivity contribution in [3.63, 3.8) is 0 Å². The van der Waals surface area contributed by atoms with E-state index in [-0.39, 0.29) is 5.91 Å². The Labute approximate surface area is 118 Å². The number of carbonyl (C=O) groups is 1. The van der Waals surface area contributed by atoms with Crippen molar-refractivity contribution in [1.29, 1.82) is 0 Å². The molecule has 1 amide bonds. The lowest BCUT2D eigenvalue weighted by Gasteiger charge is -2.16. The normalized spacial score (nSPS) is 10.3. The van der Waals surface area contributed by atoms with Gasteiger partial charge in [-0.25, -0.2) is 0 Å². The largest absolute Gasteiger partial charge is 0.492 e. The third-order valence-electron chi connectivity index (χ3n) is 3.01. The lowest BCUT2D eigenvalue weighted by atomic mass is 10.2. The van der Waals surface area contributed by atoms with E-state index in [1.165, 1.54) is 5.56 Å². The Balaban J connectivity index is 1.81. The molecule has 20 heavy (non-hydrogen) atoms. The molecule has 0 bridgehead atoms. The van der Waals surface area contributed by atoms with Crippen molar-refractivity contribution in [2.45, 2.75) is 6.92 Å². The molecule has 2 aromatic rings. The number of amides is 1. The standard InChI is InChI=1S/C15H19N3O2/c1-12-4-6-14(7-5-12)20-9-8-17(2)15(19)13-10-16-18(3)11-13/h4-7,10-11H,8-9H2,1-3H3. The molecule has 1 aromatic carbocycles. The Morgan fingerprint density at radius 1 is 1.35 bits per heavy atom. The minimum atomic E-state index is -0.0504. The summed E-state index contributed by atoms with van der Waals surface area (Å²) in [6.07, 6.45) is 3.28. The molecule has 0 saturated heterocycles. The van der Waals surface area contributed by atoms with Crippen molar-refractivity contribution in [3.05, 3.63) is 47.8 Å². The van der Waals surface area contributed by atoms with E-state index in [0.29, 0.717) is 18.7 Å². The van der Waals surface area contributed by atoms with Gasteiger partial charge >= 0.3 is 0 Å². The van der Waals surface area contributed by atoms with Gasteiger partial charge in [-0.2, -0.15) is 5.10 Å². The predicted molar refractivity (Wildman–Crippen MR) is 76.8 cm³/mol. The maximum Gasteiger partial charge on any atom is 0.256 e. The summed E-state index contributed by atoms with van der Waals surface area (Å²) in [6, 6.07) is 7.86. The molecule has 5 nitrogen and oxygen atoms in total. The molecule has 0 aliphatic heterocycles. The van der Waals surface area contributed by atoms with Gasteiger partial charge in [0.25, 0.3) is 5.91 Å². The number of aromatic nitrogens is 2. The second-order valence-corrected chi connectivity index (χ2v) is 4.79. The molecule has 0 aliphatic carbocycles. The molecule has 1 aromatic heterocycles. The highest BCUT2D eigenvalue weighted by molar-refractivity contribution is 5.93. The fourth-order valence-corrected chi connectivity index (χ4v) is 1.79. The van der Waals surface area contributed by atoms with Gasteiger partial charge in [0.1, 0.15) is 12.4 Å². The summed E-state index contributed by atoms with van der Waals surface area (Å²) in [5.74, 6) is 0.767. The number of benzene rings is 1. The van der Waals surface area contributed by atoms with Gasteiger partial charge < -0.3 is 9.64 Å². The van der Waals surface area contributed by atoms with Crippen LogP contribution in [-0.2, 0) is 7.05 Å². The van der Waals surface area contributed by atoms with Crippen LogP contribution in [0.5, 0.6) is 5.75 Å². The van der Waals surface area contributed by atoms with Crippen LogP contribution in [0, 0.1) is 6.92 Å². The Morgan fingerprint density at radius 3 is 2.65 bits per heavy atom. The van der Waals surface area contributed by atoms with Crippen LogP contribution < -0.4 is 4.74 Å². The smallest absolute Gasteiger partial charge is 0.256 e. The minimum Gasteiger partial charge on any atom is -0.492 e. The molecule has 0 fully saturated rings. The Kier molecular flexibility index (Phi) is 4.40. The zero-order valence-corrected chi connectivity index (χ0v) is 12.0. The lowest BCUT2D eigenvalue weighted by molar-refractivity contribution is 0.0773. The third-order valence-corrected chi connectivity index (χ3v) is 3.01. The van der Waals surface area contributed by atoms with Crippen molar-refractivity contribution in [3.8, 4) is 5.75 Å². The molecule has 0 spiro atoms. The van der Waals surface area contributed by atoms with Crippen LogP contribution in [0.2, 0.25) is 0 Å². The number of nitrogens with zero attached hydrogens (tertiary/aromatic N) is 3. The Bertz CT molecular complexity index is 575. The molecule has 0 aliphatic rings. The Morgan fingerprint density at radius 2 is 2.05 bits per heavy atom. The molecular weight excluding hydrogens is 254 g/mol. The average molecular weight is 273 g/mol. The van der Waals surface area contributed by atoms with Crippen molar-refractivity contribution >= 4 is 5.91 Å². The number of rotatable bonds is 5. The summed E-state index contributed by atoms with van der Waals surface area (Å²) in [5.41, 5.74) is 1.78. The molecule has 0 N–H and O–H groups in total. The Hall–Kier alpha value is -2.30. The highest BCUT2D eigenvalue weighted by atomic mass is 16.5. The van der Waals surface area contributed by atoms with E-state index >= 15 is 0 Å².